The third-order valence-electron chi connectivity index (χ3n) is 14.2. The van der Waals surface area contributed by atoms with E-state index in [9.17, 15) is 19.2 Å². The molecule has 0 bridgehead atoms. The van der Waals surface area contributed by atoms with Gasteiger partial charge in [-0.05, 0) is 118 Å². The summed E-state index contributed by atoms with van der Waals surface area (Å²) in [6.45, 7) is 8.32. The SMILES string of the molecule is CC12CCC(C(=O)OCCC(CCOC(=O)C3CCC4(C)OC4C3)(COC(=O)C3CCC4(C)OC4C3)COC(=O)C3CCC4(C)OC4C3)CC1O2. The second-order valence-electron chi connectivity index (χ2n) is 18.1. The van der Waals surface area contributed by atoms with E-state index >= 15 is 0 Å². The Morgan fingerprint density at radius 3 is 1.04 bits per heavy atom. The first-order chi connectivity index (χ1) is 24.2. The first-order valence-corrected chi connectivity index (χ1v) is 19.6. The zero-order chi connectivity index (χ0) is 35.8. The number of epoxide rings is 4. The maximum atomic E-state index is 13.5. The molecule has 284 valence electrons. The number of carbonyl (C=O) groups excluding carboxylic acids is 4. The average Bonchev–Trinajstić information content (AvgIpc) is 4.00. The highest BCUT2D eigenvalue weighted by molar-refractivity contribution is 5.74. The molecule has 12 heteroatoms. The Kier molecular flexibility index (Phi) is 9.07. The summed E-state index contributed by atoms with van der Waals surface area (Å²) in [6.07, 6.45) is 9.43. The Morgan fingerprint density at radius 2 is 0.765 bits per heavy atom. The predicted octanol–water partition coefficient (Wildman–Crippen LogP) is 4.76. The van der Waals surface area contributed by atoms with E-state index in [-0.39, 0.29) is 134 Å². The fourth-order valence-corrected chi connectivity index (χ4v) is 9.55. The lowest BCUT2D eigenvalue weighted by atomic mass is 9.81. The van der Waals surface area contributed by atoms with Crippen molar-refractivity contribution >= 4 is 23.9 Å². The predicted molar refractivity (Wildman–Crippen MR) is 178 cm³/mol. The highest BCUT2D eigenvalue weighted by Crippen LogP contribution is 2.52. The van der Waals surface area contributed by atoms with E-state index in [0.29, 0.717) is 51.4 Å². The van der Waals surface area contributed by atoms with Gasteiger partial charge in [0.2, 0.25) is 0 Å². The number of hydrogen-bond donors (Lipinski definition) is 0. The number of carbonyl (C=O) groups is 4. The molecule has 0 N–H and O–H groups in total. The molecule has 8 aliphatic rings. The molecule has 0 spiro atoms. The van der Waals surface area contributed by atoms with Crippen molar-refractivity contribution in [1.29, 1.82) is 0 Å². The van der Waals surface area contributed by atoms with Crippen LogP contribution < -0.4 is 0 Å². The lowest BCUT2D eigenvalue weighted by Gasteiger charge is -2.34. The van der Waals surface area contributed by atoms with Crippen molar-refractivity contribution < 1.29 is 57.1 Å². The quantitative estimate of drug-likeness (QED) is 0.138. The van der Waals surface area contributed by atoms with E-state index in [1.165, 1.54) is 0 Å². The van der Waals surface area contributed by atoms with E-state index in [4.69, 9.17) is 37.9 Å². The van der Waals surface area contributed by atoms with Gasteiger partial charge in [0.05, 0.1) is 83.7 Å². The van der Waals surface area contributed by atoms with Crippen LogP contribution in [0.15, 0.2) is 0 Å². The van der Waals surface area contributed by atoms with Crippen LogP contribution in [0, 0.1) is 29.1 Å². The number of rotatable bonds is 14. The first kappa shape index (κ1) is 35.7. The molecule has 12 unspecified atom stereocenters. The number of fused-ring (bicyclic) bond motifs is 4. The van der Waals surface area contributed by atoms with Gasteiger partial charge in [-0.3, -0.25) is 19.2 Å². The molecule has 0 aromatic rings. The van der Waals surface area contributed by atoms with Gasteiger partial charge in [-0.25, -0.2) is 0 Å². The smallest absolute Gasteiger partial charge is 0.309 e. The first-order valence-electron chi connectivity index (χ1n) is 19.6. The number of hydrogen-bond acceptors (Lipinski definition) is 12. The van der Waals surface area contributed by atoms with Crippen molar-refractivity contribution in [3.05, 3.63) is 0 Å². The van der Waals surface area contributed by atoms with Gasteiger partial charge < -0.3 is 37.9 Å². The molecule has 0 aromatic carbocycles. The van der Waals surface area contributed by atoms with Crippen LogP contribution in [-0.4, -0.2) is 97.1 Å². The zero-order valence-electron chi connectivity index (χ0n) is 30.7. The van der Waals surface area contributed by atoms with Gasteiger partial charge in [0.15, 0.2) is 0 Å². The van der Waals surface area contributed by atoms with Gasteiger partial charge in [0.1, 0.15) is 13.2 Å². The molecular weight excluding hydrogens is 660 g/mol. The molecule has 0 radical (unpaired) electrons. The topological polar surface area (TPSA) is 155 Å². The average molecular weight is 717 g/mol. The molecule has 8 fully saturated rings. The summed E-state index contributed by atoms with van der Waals surface area (Å²) in [5.74, 6) is -2.16. The Bertz CT molecular complexity index is 1310. The Labute approximate surface area is 300 Å². The molecular formula is C39H56O12. The molecule has 12 nitrogen and oxygen atoms in total. The fourth-order valence-electron chi connectivity index (χ4n) is 9.55. The third-order valence-corrected chi connectivity index (χ3v) is 14.2. The van der Waals surface area contributed by atoms with E-state index < -0.39 is 5.41 Å². The van der Waals surface area contributed by atoms with Crippen LogP contribution in [-0.2, 0) is 57.1 Å². The monoisotopic (exact) mass is 716 g/mol. The van der Waals surface area contributed by atoms with Gasteiger partial charge in [-0.1, -0.05) is 0 Å². The van der Waals surface area contributed by atoms with Gasteiger partial charge in [-0.15, -0.1) is 0 Å². The van der Waals surface area contributed by atoms with Crippen LogP contribution in [0.3, 0.4) is 0 Å². The number of esters is 4. The van der Waals surface area contributed by atoms with Gasteiger partial charge in [0.25, 0.3) is 0 Å². The van der Waals surface area contributed by atoms with E-state index in [0.717, 1.165) is 25.7 Å². The molecule has 4 saturated carbocycles. The van der Waals surface area contributed by atoms with Crippen LogP contribution in [0.2, 0.25) is 0 Å². The van der Waals surface area contributed by atoms with Gasteiger partial charge in [-0.2, -0.15) is 0 Å². The summed E-state index contributed by atoms with van der Waals surface area (Å²) in [7, 11) is 0. The Hall–Kier alpha value is -2.28. The van der Waals surface area contributed by atoms with Crippen molar-refractivity contribution in [3.63, 3.8) is 0 Å². The molecule has 0 amide bonds. The summed E-state index contributed by atoms with van der Waals surface area (Å²) >= 11 is 0. The van der Waals surface area contributed by atoms with Crippen molar-refractivity contribution in [1.82, 2.24) is 0 Å². The molecule has 0 aromatic heterocycles. The van der Waals surface area contributed by atoms with Crippen molar-refractivity contribution in [2.45, 2.75) is 164 Å². The Morgan fingerprint density at radius 1 is 0.490 bits per heavy atom. The second kappa shape index (κ2) is 12.9. The third kappa shape index (κ3) is 7.45. The minimum absolute atomic E-state index is 0.0524. The minimum Gasteiger partial charge on any atom is -0.465 e. The van der Waals surface area contributed by atoms with Crippen LogP contribution in [0.1, 0.15) is 118 Å². The molecule has 4 aliphatic carbocycles. The summed E-state index contributed by atoms with van der Waals surface area (Å²) in [4.78, 5) is 53.3. The fraction of sp³-hybridized carbons (Fsp3) is 0.897. The molecule has 4 heterocycles. The van der Waals surface area contributed by atoms with Crippen LogP contribution in [0.25, 0.3) is 0 Å². The Balaban J connectivity index is 0.933. The second-order valence-corrected chi connectivity index (χ2v) is 18.1. The van der Waals surface area contributed by atoms with E-state index in [2.05, 4.69) is 27.7 Å². The largest absolute Gasteiger partial charge is 0.465 e. The van der Waals surface area contributed by atoms with Crippen molar-refractivity contribution in [2.75, 3.05) is 26.4 Å². The summed E-state index contributed by atoms with van der Waals surface area (Å²) in [5, 5.41) is 0. The summed E-state index contributed by atoms with van der Waals surface area (Å²) < 4.78 is 47.1. The maximum Gasteiger partial charge on any atom is 0.309 e. The number of ether oxygens (including phenoxy) is 8. The molecule has 12 atom stereocenters. The molecule has 8 rings (SSSR count). The summed E-state index contributed by atoms with van der Waals surface area (Å²) in [6, 6.07) is 0. The lowest BCUT2D eigenvalue weighted by Crippen LogP contribution is -2.40. The van der Waals surface area contributed by atoms with Crippen molar-refractivity contribution in [3.8, 4) is 0 Å². The minimum atomic E-state index is -0.945. The lowest BCUT2D eigenvalue weighted by molar-refractivity contribution is -0.166. The zero-order valence-corrected chi connectivity index (χ0v) is 30.7. The highest BCUT2D eigenvalue weighted by Gasteiger charge is 2.59. The standard InChI is InChI=1S/C39H56O12/c1-35-9-5-23(17-27(35)48-35)31(40)44-15-13-39(21-46-33(42)25-7-11-37(3)29(19-25)50-37,22-47-34(43)26-8-12-38(4)30(20-26)51-38)14-16-45-32(41)24-6-10-36(2)28(18-24)49-36/h23-30H,5-22H2,1-4H3. The van der Waals surface area contributed by atoms with E-state index in [1.807, 2.05) is 0 Å². The molecule has 4 saturated heterocycles. The van der Waals surface area contributed by atoms with Crippen LogP contribution in [0.4, 0.5) is 0 Å². The van der Waals surface area contributed by atoms with Gasteiger partial charge in [0, 0.05) is 5.41 Å². The maximum absolute atomic E-state index is 13.5. The molecule has 51 heavy (non-hydrogen) atoms. The highest BCUT2D eigenvalue weighted by atomic mass is 16.6. The van der Waals surface area contributed by atoms with E-state index in [1.54, 1.807) is 0 Å². The van der Waals surface area contributed by atoms with Crippen LogP contribution in [0.5, 0.6) is 0 Å². The molecule has 4 aliphatic heterocycles. The summed E-state index contributed by atoms with van der Waals surface area (Å²) in [5.41, 5.74) is -1.41. The van der Waals surface area contributed by atoms with Crippen LogP contribution >= 0.6 is 0 Å². The van der Waals surface area contributed by atoms with Gasteiger partial charge >= 0.3 is 23.9 Å². The van der Waals surface area contributed by atoms with Crippen molar-refractivity contribution in [2.24, 2.45) is 29.1 Å². The normalized spacial score (nSPS) is 45.3.